The average molecular weight is 619 g/mol. The largest absolute Gasteiger partial charge is 0.573 e. The van der Waals surface area contributed by atoms with Crippen LogP contribution in [0.3, 0.4) is 0 Å². The minimum absolute atomic E-state index is 0.245. The Morgan fingerprint density at radius 2 is 1.96 bits per heavy atom. The first kappa shape index (κ1) is 30.2. The first-order chi connectivity index (χ1) is 21.6. The van der Waals surface area contributed by atoms with Gasteiger partial charge in [-0.25, -0.2) is 0 Å². The number of benzene rings is 1. The first-order valence-corrected chi connectivity index (χ1v) is 15.0. The number of fused-ring (bicyclic) bond motifs is 1. The molecule has 0 unspecified atom stereocenters. The van der Waals surface area contributed by atoms with Crippen LogP contribution in [0.5, 0.6) is 5.75 Å². The van der Waals surface area contributed by atoms with Gasteiger partial charge in [-0.3, -0.25) is 14.5 Å². The molecule has 1 saturated carbocycles. The van der Waals surface area contributed by atoms with Crippen LogP contribution in [-0.2, 0) is 19.5 Å². The molecule has 1 aliphatic carbocycles. The third-order valence-corrected chi connectivity index (χ3v) is 7.71. The van der Waals surface area contributed by atoms with Gasteiger partial charge in [0, 0.05) is 41.6 Å². The minimum atomic E-state index is -4.77. The first-order valence-electron chi connectivity index (χ1n) is 15.0. The second-order valence-electron chi connectivity index (χ2n) is 11.6. The van der Waals surface area contributed by atoms with Gasteiger partial charge in [-0.05, 0) is 79.3 Å². The van der Waals surface area contributed by atoms with Crippen LogP contribution in [-0.4, -0.2) is 47.4 Å². The normalized spacial score (nSPS) is 13.5. The van der Waals surface area contributed by atoms with Gasteiger partial charge in [-0.2, -0.15) is 5.10 Å². The van der Waals surface area contributed by atoms with Gasteiger partial charge in [-0.15, -0.1) is 23.4 Å². The number of nitrogens with zero attached hydrogens (tertiary/aromatic N) is 6. The summed E-state index contributed by atoms with van der Waals surface area (Å²) in [7, 11) is 0. The second kappa shape index (κ2) is 12.7. The van der Waals surface area contributed by atoms with E-state index >= 15 is 0 Å². The number of nitrogens with one attached hydrogen (secondary N) is 2. The maximum Gasteiger partial charge on any atom is 0.573 e. The highest BCUT2D eigenvalue weighted by Crippen LogP contribution is 2.47. The predicted octanol–water partition coefficient (Wildman–Crippen LogP) is 6.46. The molecule has 10 nitrogen and oxygen atoms in total. The van der Waals surface area contributed by atoms with Crippen molar-refractivity contribution >= 4 is 16.9 Å². The van der Waals surface area contributed by atoms with E-state index in [9.17, 15) is 18.0 Å². The van der Waals surface area contributed by atoms with Crippen molar-refractivity contribution in [3.05, 3.63) is 83.2 Å². The molecule has 4 heterocycles. The fourth-order valence-corrected chi connectivity index (χ4v) is 5.26. The number of rotatable bonds is 12. The molecule has 0 atom stereocenters. The number of aromatic amines is 1. The summed E-state index contributed by atoms with van der Waals surface area (Å²) >= 11 is 0. The molecule has 1 fully saturated rings. The van der Waals surface area contributed by atoms with Crippen molar-refractivity contribution in [1.29, 1.82) is 0 Å². The highest BCUT2D eigenvalue weighted by atomic mass is 19.4. The summed E-state index contributed by atoms with van der Waals surface area (Å²) in [5, 5.41) is 20.6. The topological polar surface area (TPSA) is 124 Å². The van der Waals surface area contributed by atoms with Crippen LogP contribution >= 0.6 is 0 Å². The molecule has 6 rings (SSSR count). The van der Waals surface area contributed by atoms with Crippen LogP contribution in [0, 0.1) is 0 Å². The molecule has 1 aliphatic rings. The van der Waals surface area contributed by atoms with E-state index in [0.717, 1.165) is 59.3 Å². The monoisotopic (exact) mass is 618 g/mol. The molecule has 0 saturated heterocycles. The SMILES string of the molecule is CC(C)c1ccc(CNC(=O)c2cn(CCCCc3cc4c(-c5cccc(OC(F)(F)F)c5)c(C5CC5)[nH]c4nn3)nn2)cn1. The van der Waals surface area contributed by atoms with Crippen molar-refractivity contribution in [1.82, 2.24) is 40.5 Å². The molecule has 0 radical (unpaired) electrons. The number of H-pyrrole nitrogens is 1. The zero-order chi connectivity index (χ0) is 31.6. The average Bonchev–Trinajstić information content (AvgIpc) is 3.62. The Hall–Kier alpha value is -4.81. The molecule has 13 heteroatoms. The van der Waals surface area contributed by atoms with Gasteiger partial charge in [0.05, 0.1) is 11.9 Å². The Bertz CT molecular complexity index is 1790. The third-order valence-electron chi connectivity index (χ3n) is 7.71. The van der Waals surface area contributed by atoms with Crippen LogP contribution in [0.15, 0.2) is 54.9 Å². The van der Waals surface area contributed by atoms with Gasteiger partial charge < -0.3 is 15.0 Å². The molecule has 0 spiro atoms. The Labute approximate surface area is 257 Å². The van der Waals surface area contributed by atoms with Crippen LogP contribution in [0.25, 0.3) is 22.2 Å². The molecule has 1 aromatic carbocycles. The van der Waals surface area contributed by atoms with E-state index in [1.165, 1.54) is 12.1 Å². The van der Waals surface area contributed by atoms with Crippen molar-refractivity contribution in [3.63, 3.8) is 0 Å². The lowest BCUT2D eigenvalue weighted by molar-refractivity contribution is -0.274. The summed E-state index contributed by atoms with van der Waals surface area (Å²) in [4.78, 5) is 20.3. The maximum atomic E-state index is 12.9. The van der Waals surface area contributed by atoms with E-state index in [1.807, 2.05) is 18.2 Å². The number of aromatic nitrogens is 7. The number of aryl methyl sites for hydroxylation is 2. The maximum absolute atomic E-state index is 12.9. The predicted molar refractivity (Wildman–Crippen MR) is 160 cm³/mol. The molecule has 0 aliphatic heterocycles. The quantitative estimate of drug-likeness (QED) is 0.154. The summed E-state index contributed by atoms with van der Waals surface area (Å²) in [6.07, 6.45) is 2.84. The lowest BCUT2D eigenvalue weighted by atomic mass is 10.00. The van der Waals surface area contributed by atoms with Crippen LogP contribution in [0.1, 0.15) is 84.5 Å². The van der Waals surface area contributed by atoms with Gasteiger partial charge in [-0.1, -0.05) is 37.3 Å². The standard InChI is InChI=1S/C32H33F3N8O2/c1-19(2)26-12-9-20(16-36-26)17-37-31(44)27-18-43(42-40-27)13-4-3-7-23-15-25-28(29(21-10-11-21)38-30(25)41-39-23)22-6-5-8-24(14-22)45-32(33,34)35/h5-6,8-9,12,14-16,18-19,21H,3-4,7,10-11,13,17H2,1-2H3,(H,37,44)(H,38,41). The zero-order valence-corrected chi connectivity index (χ0v) is 24.9. The highest BCUT2D eigenvalue weighted by Gasteiger charge is 2.32. The van der Waals surface area contributed by atoms with Crippen LogP contribution in [0.4, 0.5) is 13.2 Å². The van der Waals surface area contributed by atoms with Gasteiger partial charge in [0.2, 0.25) is 0 Å². The fraction of sp³-hybridized carbons (Fsp3) is 0.375. The highest BCUT2D eigenvalue weighted by molar-refractivity contribution is 5.96. The lowest BCUT2D eigenvalue weighted by Gasteiger charge is -2.11. The van der Waals surface area contributed by atoms with Gasteiger partial charge in [0.25, 0.3) is 5.91 Å². The molecule has 5 aromatic rings. The van der Waals surface area contributed by atoms with Crippen molar-refractivity contribution in [3.8, 4) is 16.9 Å². The second-order valence-corrected chi connectivity index (χ2v) is 11.6. The summed E-state index contributed by atoms with van der Waals surface area (Å²) in [6, 6.07) is 11.9. The van der Waals surface area contributed by atoms with E-state index in [-0.39, 0.29) is 17.4 Å². The molecule has 4 aromatic heterocycles. The fourth-order valence-electron chi connectivity index (χ4n) is 5.26. The number of hydrogen-bond acceptors (Lipinski definition) is 7. The van der Waals surface area contributed by atoms with E-state index < -0.39 is 6.36 Å². The van der Waals surface area contributed by atoms with Crippen molar-refractivity contribution in [2.75, 3.05) is 0 Å². The van der Waals surface area contributed by atoms with Gasteiger partial charge in [0.15, 0.2) is 11.3 Å². The number of carbonyl (C=O) groups is 1. The molecule has 1 amide bonds. The molecular weight excluding hydrogens is 585 g/mol. The van der Waals surface area contributed by atoms with E-state index in [4.69, 9.17) is 0 Å². The van der Waals surface area contributed by atoms with Gasteiger partial charge in [0.1, 0.15) is 5.75 Å². The number of ether oxygens (including phenoxy) is 1. The van der Waals surface area contributed by atoms with Crippen molar-refractivity contribution < 1.29 is 22.7 Å². The smallest absolute Gasteiger partial charge is 0.406 e. The van der Waals surface area contributed by atoms with E-state index in [2.05, 4.69) is 54.4 Å². The summed E-state index contributed by atoms with van der Waals surface area (Å²) in [6.45, 7) is 5.08. The van der Waals surface area contributed by atoms with Crippen LogP contribution in [0.2, 0.25) is 0 Å². The summed E-state index contributed by atoms with van der Waals surface area (Å²) in [5.41, 5.74) is 5.98. The number of alkyl halides is 3. The molecule has 0 bridgehead atoms. The summed E-state index contributed by atoms with van der Waals surface area (Å²) in [5.74, 6) is 0.0868. The number of hydrogen-bond donors (Lipinski definition) is 2. The third kappa shape index (κ3) is 7.47. The van der Waals surface area contributed by atoms with E-state index in [0.29, 0.717) is 42.6 Å². The molecular formula is C32H33F3N8O2. The Morgan fingerprint density at radius 3 is 2.69 bits per heavy atom. The minimum Gasteiger partial charge on any atom is -0.406 e. The van der Waals surface area contributed by atoms with Crippen molar-refractivity contribution in [2.45, 2.75) is 77.2 Å². The van der Waals surface area contributed by atoms with E-state index in [1.54, 1.807) is 29.2 Å². The van der Waals surface area contributed by atoms with Crippen molar-refractivity contribution in [2.24, 2.45) is 0 Å². The summed E-state index contributed by atoms with van der Waals surface area (Å²) < 4.78 is 44.4. The van der Waals surface area contributed by atoms with Crippen LogP contribution < -0.4 is 10.1 Å². The van der Waals surface area contributed by atoms with Gasteiger partial charge >= 0.3 is 6.36 Å². The number of amides is 1. The number of halogens is 3. The Balaban J connectivity index is 1.06. The number of pyridine rings is 1. The lowest BCUT2D eigenvalue weighted by Crippen LogP contribution is -2.23. The zero-order valence-electron chi connectivity index (χ0n) is 24.9. The molecule has 45 heavy (non-hydrogen) atoms. The molecule has 2 N–H and O–H groups in total. The number of unbranched alkanes of at least 4 members (excludes halogenated alkanes) is 1. The Kier molecular flexibility index (Phi) is 8.50. The molecule has 234 valence electrons. The Morgan fingerprint density at radius 1 is 1.11 bits per heavy atom. The number of carbonyl (C=O) groups excluding carboxylic acids is 1.